The van der Waals surface area contributed by atoms with Gasteiger partial charge in [0.25, 0.3) is 0 Å². The number of hydrogen-bond donors (Lipinski definition) is 1. The van der Waals surface area contributed by atoms with Crippen molar-refractivity contribution in [2.75, 3.05) is 26.3 Å². The van der Waals surface area contributed by atoms with Crippen LogP contribution in [0.25, 0.3) is 0 Å². The minimum atomic E-state index is 0.726. The standard InChI is InChI=1S/C14H21NO/c1-2-5-13(6-3-1)8-9-15-11-14-7-4-10-16-12-14/h1-3,5-6,14-15H,4,7-12H2. The molecule has 1 aromatic carbocycles. The molecule has 1 fully saturated rings. The molecule has 2 heteroatoms. The van der Waals surface area contributed by atoms with Gasteiger partial charge < -0.3 is 10.1 Å². The normalized spacial score (nSPS) is 20.9. The van der Waals surface area contributed by atoms with E-state index in [1.165, 1.54) is 18.4 Å². The summed E-state index contributed by atoms with van der Waals surface area (Å²) in [6.45, 7) is 4.08. The number of nitrogens with one attached hydrogen (secondary N) is 1. The Morgan fingerprint density at radius 1 is 1.25 bits per heavy atom. The molecule has 1 aromatic rings. The Bertz CT molecular complexity index is 280. The second kappa shape index (κ2) is 6.66. The molecule has 0 aliphatic carbocycles. The third-order valence-electron chi connectivity index (χ3n) is 3.12. The number of benzene rings is 1. The van der Waals surface area contributed by atoms with E-state index in [-0.39, 0.29) is 0 Å². The first-order valence-corrected chi connectivity index (χ1v) is 6.27. The zero-order valence-corrected chi connectivity index (χ0v) is 9.82. The maximum atomic E-state index is 5.46. The van der Waals surface area contributed by atoms with Gasteiger partial charge >= 0.3 is 0 Å². The molecule has 1 unspecified atom stereocenters. The van der Waals surface area contributed by atoms with Crippen molar-refractivity contribution in [3.05, 3.63) is 35.9 Å². The van der Waals surface area contributed by atoms with Gasteiger partial charge in [0.05, 0.1) is 6.61 Å². The Hall–Kier alpha value is -0.860. The Kier molecular flexibility index (Phi) is 4.84. The van der Waals surface area contributed by atoms with Gasteiger partial charge in [-0.15, -0.1) is 0 Å². The molecule has 88 valence electrons. The average molecular weight is 219 g/mol. The maximum Gasteiger partial charge on any atom is 0.0506 e. The van der Waals surface area contributed by atoms with Crippen LogP contribution < -0.4 is 5.32 Å². The second-order valence-electron chi connectivity index (χ2n) is 4.52. The zero-order valence-electron chi connectivity index (χ0n) is 9.82. The number of hydrogen-bond acceptors (Lipinski definition) is 2. The van der Waals surface area contributed by atoms with Gasteiger partial charge in [-0.05, 0) is 37.3 Å². The molecule has 0 amide bonds. The molecule has 16 heavy (non-hydrogen) atoms. The minimum Gasteiger partial charge on any atom is -0.381 e. The monoisotopic (exact) mass is 219 g/mol. The van der Waals surface area contributed by atoms with E-state index in [1.54, 1.807) is 0 Å². The smallest absolute Gasteiger partial charge is 0.0506 e. The van der Waals surface area contributed by atoms with Crippen molar-refractivity contribution in [1.29, 1.82) is 0 Å². The van der Waals surface area contributed by atoms with Crippen LogP contribution in [0.4, 0.5) is 0 Å². The highest BCUT2D eigenvalue weighted by Crippen LogP contribution is 2.12. The van der Waals surface area contributed by atoms with Gasteiger partial charge in [0.2, 0.25) is 0 Å². The Morgan fingerprint density at radius 3 is 2.88 bits per heavy atom. The van der Waals surface area contributed by atoms with E-state index >= 15 is 0 Å². The van der Waals surface area contributed by atoms with E-state index in [2.05, 4.69) is 35.6 Å². The van der Waals surface area contributed by atoms with Gasteiger partial charge in [-0.1, -0.05) is 30.3 Å². The van der Waals surface area contributed by atoms with E-state index in [1.807, 2.05) is 0 Å². The summed E-state index contributed by atoms with van der Waals surface area (Å²) in [6.07, 6.45) is 3.66. The first-order chi connectivity index (χ1) is 7.95. The topological polar surface area (TPSA) is 21.3 Å². The van der Waals surface area contributed by atoms with Gasteiger partial charge in [0, 0.05) is 13.2 Å². The summed E-state index contributed by atoms with van der Waals surface area (Å²) < 4.78 is 5.46. The van der Waals surface area contributed by atoms with Gasteiger partial charge in [0.1, 0.15) is 0 Å². The van der Waals surface area contributed by atoms with Crippen molar-refractivity contribution in [2.45, 2.75) is 19.3 Å². The summed E-state index contributed by atoms with van der Waals surface area (Å²) in [5.74, 6) is 0.726. The fourth-order valence-corrected chi connectivity index (χ4v) is 2.15. The Balaban J connectivity index is 1.58. The van der Waals surface area contributed by atoms with E-state index in [0.717, 1.165) is 38.6 Å². The van der Waals surface area contributed by atoms with Crippen LogP contribution in [-0.2, 0) is 11.2 Å². The molecule has 1 aliphatic rings. The average Bonchev–Trinajstić information content (AvgIpc) is 2.37. The van der Waals surface area contributed by atoms with Gasteiger partial charge in [-0.2, -0.15) is 0 Å². The molecule has 0 bridgehead atoms. The minimum absolute atomic E-state index is 0.726. The van der Waals surface area contributed by atoms with Crippen LogP contribution >= 0.6 is 0 Å². The van der Waals surface area contributed by atoms with E-state index in [0.29, 0.717) is 0 Å². The summed E-state index contributed by atoms with van der Waals surface area (Å²) in [5.41, 5.74) is 1.41. The third-order valence-corrected chi connectivity index (χ3v) is 3.12. The van der Waals surface area contributed by atoms with Gasteiger partial charge in [0.15, 0.2) is 0 Å². The predicted octanol–water partition coefficient (Wildman–Crippen LogP) is 2.25. The third kappa shape index (κ3) is 3.95. The molecule has 0 spiro atoms. The van der Waals surface area contributed by atoms with E-state index < -0.39 is 0 Å². The lowest BCUT2D eigenvalue weighted by Crippen LogP contribution is -2.30. The lowest BCUT2D eigenvalue weighted by molar-refractivity contribution is 0.0550. The van der Waals surface area contributed by atoms with Crippen LogP contribution in [0.2, 0.25) is 0 Å². The van der Waals surface area contributed by atoms with Crippen molar-refractivity contribution in [3.63, 3.8) is 0 Å². The molecule has 2 nitrogen and oxygen atoms in total. The highest BCUT2D eigenvalue weighted by molar-refractivity contribution is 5.14. The quantitative estimate of drug-likeness (QED) is 0.767. The highest BCUT2D eigenvalue weighted by atomic mass is 16.5. The largest absolute Gasteiger partial charge is 0.381 e. The predicted molar refractivity (Wildman–Crippen MR) is 66.6 cm³/mol. The fraction of sp³-hybridized carbons (Fsp3) is 0.571. The summed E-state index contributed by atoms with van der Waals surface area (Å²) in [7, 11) is 0. The van der Waals surface area contributed by atoms with Crippen molar-refractivity contribution >= 4 is 0 Å². The molecular formula is C14H21NO. The first kappa shape index (κ1) is 11.6. The maximum absolute atomic E-state index is 5.46. The number of rotatable bonds is 5. The van der Waals surface area contributed by atoms with Crippen molar-refractivity contribution in [1.82, 2.24) is 5.32 Å². The molecule has 1 N–H and O–H groups in total. The molecule has 1 saturated heterocycles. The van der Waals surface area contributed by atoms with Crippen LogP contribution in [-0.4, -0.2) is 26.3 Å². The molecule has 1 atom stereocenters. The summed E-state index contributed by atoms with van der Waals surface area (Å²) in [6, 6.07) is 10.6. The van der Waals surface area contributed by atoms with Crippen LogP contribution in [0.1, 0.15) is 18.4 Å². The van der Waals surface area contributed by atoms with E-state index in [4.69, 9.17) is 4.74 Å². The molecule has 0 aromatic heterocycles. The fourth-order valence-electron chi connectivity index (χ4n) is 2.15. The molecule has 2 rings (SSSR count). The van der Waals surface area contributed by atoms with Crippen molar-refractivity contribution in [3.8, 4) is 0 Å². The van der Waals surface area contributed by atoms with Gasteiger partial charge in [-0.25, -0.2) is 0 Å². The van der Waals surface area contributed by atoms with Crippen molar-refractivity contribution in [2.24, 2.45) is 5.92 Å². The number of ether oxygens (including phenoxy) is 1. The van der Waals surface area contributed by atoms with Crippen LogP contribution in [0, 0.1) is 5.92 Å². The molecule has 1 aliphatic heterocycles. The van der Waals surface area contributed by atoms with E-state index in [9.17, 15) is 0 Å². The van der Waals surface area contributed by atoms with Crippen molar-refractivity contribution < 1.29 is 4.74 Å². The van der Waals surface area contributed by atoms with Crippen LogP contribution in [0.3, 0.4) is 0 Å². The lowest BCUT2D eigenvalue weighted by Gasteiger charge is -2.22. The van der Waals surface area contributed by atoms with Gasteiger partial charge in [-0.3, -0.25) is 0 Å². The zero-order chi connectivity index (χ0) is 11.1. The Morgan fingerprint density at radius 2 is 2.12 bits per heavy atom. The van der Waals surface area contributed by atoms with Crippen LogP contribution in [0.5, 0.6) is 0 Å². The molecule has 0 saturated carbocycles. The molecule has 1 heterocycles. The SMILES string of the molecule is c1ccc(CCNCC2CCCOC2)cc1. The van der Waals surface area contributed by atoms with Crippen LogP contribution in [0.15, 0.2) is 30.3 Å². The highest BCUT2D eigenvalue weighted by Gasteiger charge is 2.12. The molecular weight excluding hydrogens is 198 g/mol. The first-order valence-electron chi connectivity index (χ1n) is 6.27. The lowest BCUT2D eigenvalue weighted by atomic mass is 10.0. The molecule has 0 radical (unpaired) electrons. The Labute approximate surface area is 98.0 Å². The summed E-state index contributed by atoms with van der Waals surface area (Å²) >= 11 is 0. The second-order valence-corrected chi connectivity index (χ2v) is 4.52. The summed E-state index contributed by atoms with van der Waals surface area (Å²) in [4.78, 5) is 0. The summed E-state index contributed by atoms with van der Waals surface area (Å²) in [5, 5.41) is 3.52.